The van der Waals surface area contributed by atoms with E-state index in [0.717, 1.165) is 62.0 Å². The van der Waals surface area contributed by atoms with Crippen LogP contribution in [0.4, 0.5) is 11.5 Å². The summed E-state index contributed by atoms with van der Waals surface area (Å²) in [7, 11) is 3.77. The number of halogens is 2. The van der Waals surface area contributed by atoms with Crippen LogP contribution in [0.25, 0.3) is 0 Å². The van der Waals surface area contributed by atoms with Gasteiger partial charge in [-0.05, 0) is 61.6 Å². The van der Waals surface area contributed by atoms with Crippen molar-refractivity contribution in [1.82, 2.24) is 14.8 Å². The summed E-state index contributed by atoms with van der Waals surface area (Å²) in [5, 5.41) is 4.66. The molecule has 32 heavy (non-hydrogen) atoms. The number of fused-ring (bicyclic) bond motifs is 1. The Kier molecular flexibility index (Phi) is 7.13. The second kappa shape index (κ2) is 9.86. The van der Waals surface area contributed by atoms with Crippen LogP contribution in [0.1, 0.15) is 22.3 Å². The second-order valence-electron chi connectivity index (χ2n) is 9.13. The van der Waals surface area contributed by atoms with Crippen LogP contribution in [0.15, 0.2) is 30.3 Å². The van der Waals surface area contributed by atoms with Crippen molar-refractivity contribution in [2.75, 3.05) is 63.6 Å². The number of aromatic nitrogens is 1. The molecule has 1 aromatic heterocycles. The van der Waals surface area contributed by atoms with Gasteiger partial charge in [0.05, 0.1) is 5.56 Å². The van der Waals surface area contributed by atoms with Crippen LogP contribution in [0.5, 0.6) is 0 Å². The van der Waals surface area contributed by atoms with Crippen molar-refractivity contribution in [3.05, 3.63) is 51.6 Å². The van der Waals surface area contributed by atoms with Crippen molar-refractivity contribution in [1.29, 1.82) is 0 Å². The summed E-state index contributed by atoms with van der Waals surface area (Å²) < 4.78 is 0. The summed E-state index contributed by atoms with van der Waals surface area (Å²) in [6, 6.07) is 9.59. The van der Waals surface area contributed by atoms with E-state index in [9.17, 15) is 4.79 Å². The first-order valence-electron chi connectivity index (χ1n) is 11.2. The molecule has 4 rings (SSSR count). The Labute approximate surface area is 200 Å². The molecule has 3 heterocycles. The van der Waals surface area contributed by atoms with E-state index >= 15 is 0 Å². The Morgan fingerprint density at radius 2 is 1.84 bits per heavy atom. The van der Waals surface area contributed by atoms with Crippen LogP contribution in [-0.2, 0) is 0 Å². The summed E-state index contributed by atoms with van der Waals surface area (Å²) in [4.78, 5) is 23.9. The molecular weight excluding hydrogens is 445 g/mol. The van der Waals surface area contributed by atoms with Crippen LogP contribution < -0.4 is 10.2 Å². The molecule has 0 spiro atoms. The van der Waals surface area contributed by atoms with Crippen LogP contribution in [-0.4, -0.2) is 74.1 Å². The van der Waals surface area contributed by atoms with Gasteiger partial charge < -0.3 is 20.0 Å². The van der Waals surface area contributed by atoms with E-state index in [0.29, 0.717) is 28.4 Å². The first kappa shape index (κ1) is 23.1. The molecule has 2 aliphatic heterocycles. The van der Waals surface area contributed by atoms with Gasteiger partial charge in [0.1, 0.15) is 11.0 Å². The normalized spacial score (nSPS) is 20.5. The van der Waals surface area contributed by atoms with Gasteiger partial charge >= 0.3 is 0 Å². The molecule has 2 fully saturated rings. The fraction of sp³-hybridized carbons (Fsp3) is 0.500. The zero-order chi connectivity index (χ0) is 22.8. The third kappa shape index (κ3) is 5.13. The minimum absolute atomic E-state index is 0.0553. The van der Waals surface area contributed by atoms with E-state index in [2.05, 4.69) is 21.3 Å². The number of hydrogen-bond acceptors (Lipinski definition) is 5. The number of aryl methyl sites for hydroxylation is 1. The quantitative estimate of drug-likeness (QED) is 0.478. The van der Waals surface area contributed by atoms with Crippen LogP contribution in [0, 0.1) is 18.8 Å². The SMILES string of the molecule is Cc1ccc(NCCCN2CC3CN(C(=O)c4ccc(Cl)nc4N(C)C)CC3C2)cc1Cl. The number of anilines is 2. The molecule has 2 aliphatic rings. The first-order valence-corrected chi connectivity index (χ1v) is 11.9. The second-order valence-corrected chi connectivity index (χ2v) is 9.93. The van der Waals surface area contributed by atoms with Gasteiger partial charge in [-0.15, -0.1) is 0 Å². The van der Waals surface area contributed by atoms with Gasteiger partial charge in [0.15, 0.2) is 0 Å². The average molecular weight is 476 g/mol. The maximum Gasteiger partial charge on any atom is 0.257 e. The van der Waals surface area contributed by atoms with Crippen molar-refractivity contribution in [3.63, 3.8) is 0 Å². The molecule has 2 atom stereocenters. The molecule has 6 nitrogen and oxygen atoms in total. The van der Waals surface area contributed by atoms with E-state index in [-0.39, 0.29) is 5.91 Å². The zero-order valence-electron chi connectivity index (χ0n) is 18.9. The number of amides is 1. The van der Waals surface area contributed by atoms with Crippen molar-refractivity contribution in [2.45, 2.75) is 13.3 Å². The number of nitrogens with one attached hydrogen (secondary N) is 1. The molecule has 1 amide bonds. The molecule has 172 valence electrons. The number of benzene rings is 1. The van der Waals surface area contributed by atoms with Crippen molar-refractivity contribution >= 4 is 40.6 Å². The van der Waals surface area contributed by atoms with E-state index < -0.39 is 0 Å². The standard InChI is InChI=1S/C24H31Cl2N5O/c1-16-5-6-19(11-21(16)25)27-9-4-10-30-12-17-14-31(15-18(17)13-30)24(32)20-7-8-22(26)28-23(20)29(2)3/h5-8,11,17-18,27H,4,9-10,12-15H2,1-3H3. The van der Waals surface area contributed by atoms with E-state index in [1.165, 1.54) is 0 Å². The molecule has 8 heteroatoms. The number of nitrogens with zero attached hydrogens (tertiary/aromatic N) is 4. The summed E-state index contributed by atoms with van der Waals surface area (Å²) >= 11 is 12.2. The average Bonchev–Trinajstić information content (AvgIpc) is 3.32. The highest BCUT2D eigenvalue weighted by Gasteiger charge is 2.41. The first-order chi connectivity index (χ1) is 15.3. The molecule has 0 saturated carbocycles. The number of carbonyl (C=O) groups is 1. The van der Waals surface area contributed by atoms with E-state index in [1.54, 1.807) is 12.1 Å². The Balaban J connectivity index is 1.25. The van der Waals surface area contributed by atoms with Crippen molar-refractivity contribution in [2.24, 2.45) is 11.8 Å². The third-order valence-corrected chi connectivity index (χ3v) is 7.11. The molecule has 1 N–H and O–H groups in total. The summed E-state index contributed by atoms with van der Waals surface area (Å²) in [6.45, 7) is 7.75. The highest BCUT2D eigenvalue weighted by molar-refractivity contribution is 6.31. The number of likely N-dealkylation sites (tertiary alicyclic amines) is 2. The maximum absolute atomic E-state index is 13.2. The lowest BCUT2D eigenvalue weighted by Gasteiger charge is -2.23. The maximum atomic E-state index is 13.2. The monoisotopic (exact) mass is 475 g/mol. The van der Waals surface area contributed by atoms with Gasteiger partial charge in [0.25, 0.3) is 5.91 Å². The predicted molar refractivity (Wildman–Crippen MR) is 132 cm³/mol. The fourth-order valence-electron chi connectivity index (χ4n) is 4.78. The smallest absolute Gasteiger partial charge is 0.257 e. The predicted octanol–water partition coefficient (Wildman–Crippen LogP) is 4.27. The number of carbonyl (C=O) groups excluding carboxylic acids is 1. The van der Waals surface area contributed by atoms with Crippen LogP contribution >= 0.6 is 23.2 Å². The minimum Gasteiger partial charge on any atom is -0.385 e. The fourth-order valence-corrected chi connectivity index (χ4v) is 5.10. The lowest BCUT2D eigenvalue weighted by Crippen LogP contribution is -2.34. The van der Waals surface area contributed by atoms with Crippen LogP contribution in [0.3, 0.4) is 0 Å². The Morgan fingerprint density at radius 1 is 1.12 bits per heavy atom. The third-order valence-electron chi connectivity index (χ3n) is 6.50. The molecule has 2 aromatic rings. The number of rotatable bonds is 7. The van der Waals surface area contributed by atoms with Gasteiger partial charge in [-0.1, -0.05) is 29.3 Å². The van der Waals surface area contributed by atoms with Gasteiger partial charge in [0.2, 0.25) is 0 Å². The van der Waals surface area contributed by atoms with E-state index in [1.807, 2.05) is 43.0 Å². The van der Waals surface area contributed by atoms with Crippen molar-refractivity contribution in [3.8, 4) is 0 Å². The van der Waals surface area contributed by atoms with Gasteiger partial charge in [0, 0.05) is 57.5 Å². The number of pyridine rings is 1. The van der Waals surface area contributed by atoms with Gasteiger partial charge in [-0.3, -0.25) is 4.79 Å². The Hall–Kier alpha value is -2.02. The van der Waals surface area contributed by atoms with E-state index in [4.69, 9.17) is 23.2 Å². The molecule has 1 aromatic carbocycles. The van der Waals surface area contributed by atoms with Gasteiger partial charge in [-0.25, -0.2) is 4.98 Å². The molecule has 0 radical (unpaired) electrons. The zero-order valence-corrected chi connectivity index (χ0v) is 20.5. The molecule has 2 unspecified atom stereocenters. The highest BCUT2D eigenvalue weighted by atomic mass is 35.5. The molecular formula is C24H31Cl2N5O. The lowest BCUT2D eigenvalue weighted by atomic mass is 10.0. The van der Waals surface area contributed by atoms with Crippen LogP contribution in [0.2, 0.25) is 10.2 Å². The summed E-state index contributed by atoms with van der Waals surface area (Å²) in [5.41, 5.74) is 2.79. The van der Waals surface area contributed by atoms with Gasteiger partial charge in [-0.2, -0.15) is 0 Å². The molecule has 2 saturated heterocycles. The lowest BCUT2D eigenvalue weighted by molar-refractivity contribution is 0.0774. The highest BCUT2D eigenvalue weighted by Crippen LogP contribution is 2.33. The summed E-state index contributed by atoms with van der Waals surface area (Å²) in [5.74, 6) is 1.78. The molecule has 0 aliphatic carbocycles. The summed E-state index contributed by atoms with van der Waals surface area (Å²) in [6.07, 6.45) is 1.08. The minimum atomic E-state index is 0.0553. The van der Waals surface area contributed by atoms with Crippen molar-refractivity contribution < 1.29 is 4.79 Å². The largest absolute Gasteiger partial charge is 0.385 e. The Morgan fingerprint density at radius 3 is 2.50 bits per heavy atom. The molecule has 0 bridgehead atoms. The number of hydrogen-bond donors (Lipinski definition) is 1. The Bertz CT molecular complexity index is 969. The topological polar surface area (TPSA) is 51.7 Å².